The Kier molecular flexibility index (Phi) is 3.79. The van der Waals surface area contributed by atoms with Gasteiger partial charge in [-0.25, -0.2) is 0 Å². The molecule has 0 spiro atoms. The summed E-state index contributed by atoms with van der Waals surface area (Å²) in [7, 11) is 0. The van der Waals surface area contributed by atoms with E-state index in [9.17, 15) is 8.78 Å². The van der Waals surface area contributed by atoms with Crippen LogP contribution in [0.4, 0.5) is 8.78 Å². The maximum Gasteiger partial charge on any atom is 0.387 e. The van der Waals surface area contributed by atoms with Crippen LogP contribution in [0.1, 0.15) is 11.6 Å². The first-order valence-corrected chi connectivity index (χ1v) is 4.05. The molecule has 1 rings (SSSR count). The third kappa shape index (κ3) is 2.65. The van der Waals surface area contributed by atoms with Crippen LogP contribution in [0.15, 0.2) is 24.3 Å². The Balaban J connectivity index is 2.91. The van der Waals surface area contributed by atoms with Crippen LogP contribution < -0.4 is 10.5 Å². The normalized spacial score (nSPS) is 12.9. The Hall–Kier alpha value is -1.20. The van der Waals surface area contributed by atoms with Gasteiger partial charge in [0.1, 0.15) is 5.75 Å². The number of benzene rings is 1. The first-order valence-electron chi connectivity index (χ1n) is 4.05. The number of nitrogens with two attached hydrogens (primary N) is 1. The maximum atomic E-state index is 11.9. The van der Waals surface area contributed by atoms with Crippen LogP contribution in [0.25, 0.3) is 0 Å². The molecular weight excluding hydrogens is 192 g/mol. The van der Waals surface area contributed by atoms with Crippen molar-refractivity contribution in [3.63, 3.8) is 0 Å². The van der Waals surface area contributed by atoms with E-state index in [0.717, 1.165) is 0 Å². The van der Waals surface area contributed by atoms with Gasteiger partial charge in [0.15, 0.2) is 0 Å². The van der Waals surface area contributed by atoms with Gasteiger partial charge in [-0.05, 0) is 6.07 Å². The molecule has 1 aromatic carbocycles. The predicted molar refractivity (Wildman–Crippen MR) is 47.1 cm³/mol. The smallest absolute Gasteiger partial charge is 0.387 e. The standard InChI is InChI=1S/C9H11F2NO2/c10-9(11)14-8-4-2-1-3-6(8)7(12)5-13/h1-4,7,9,13H,5,12H2/t7-/m1/s1. The molecule has 0 bridgehead atoms. The molecule has 0 aliphatic carbocycles. The number of para-hydroxylation sites is 1. The zero-order chi connectivity index (χ0) is 10.6. The third-order valence-electron chi connectivity index (χ3n) is 1.73. The largest absolute Gasteiger partial charge is 0.434 e. The average Bonchev–Trinajstić information content (AvgIpc) is 2.16. The first kappa shape index (κ1) is 10.9. The van der Waals surface area contributed by atoms with Gasteiger partial charge in [-0.15, -0.1) is 0 Å². The third-order valence-corrected chi connectivity index (χ3v) is 1.73. The topological polar surface area (TPSA) is 55.5 Å². The summed E-state index contributed by atoms with van der Waals surface area (Å²) in [6, 6.07) is 5.43. The van der Waals surface area contributed by atoms with E-state index in [2.05, 4.69) is 4.74 Å². The first-order chi connectivity index (χ1) is 6.65. The lowest BCUT2D eigenvalue weighted by Gasteiger charge is -2.14. The van der Waals surface area contributed by atoms with Crippen molar-refractivity contribution in [1.82, 2.24) is 0 Å². The highest BCUT2D eigenvalue weighted by Gasteiger charge is 2.13. The lowest BCUT2D eigenvalue weighted by atomic mass is 10.1. The van der Waals surface area contributed by atoms with E-state index in [4.69, 9.17) is 10.8 Å². The quantitative estimate of drug-likeness (QED) is 0.775. The molecule has 0 saturated heterocycles. The second kappa shape index (κ2) is 4.88. The molecule has 1 aromatic rings. The van der Waals surface area contributed by atoms with E-state index in [1.165, 1.54) is 6.07 Å². The Morgan fingerprint density at radius 3 is 2.57 bits per heavy atom. The second-order valence-electron chi connectivity index (χ2n) is 2.71. The van der Waals surface area contributed by atoms with Gasteiger partial charge in [-0.3, -0.25) is 0 Å². The Bertz CT molecular complexity index is 294. The van der Waals surface area contributed by atoms with Crippen molar-refractivity contribution in [1.29, 1.82) is 0 Å². The number of aliphatic hydroxyl groups excluding tert-OH is 1. The number of hydrogen-bond donors (Lipinski definition) is 2. The number of ether oxygens (including phenoxy) is 1. The number of rotatable bonds is 4. The SMILES string of the molecule is N[C@H](CO)c1ccccc1OC(F)F. The number of halogens is 2. The monoisotopic (exact) mass is 203 g/mol. The molecule has 3 nitrogen and oxygen atoms in total. The van der Waals surface area contributed by atoms with Gasteiger partial charge >= 0.3 is 6.61 Å². The molecule has 14 heavy (non-hydrogen) atoms. The maximum absolute atomic E-state index is 11.9. The highest BCUT2D eigenvalue weighted by Crippen LogP contribution is 2.24. The molecule has 0 aliphatic heterocycles. The molecule has 0 amide bonds. The summed E-state index contributed by atoms with van der Waals surface area (Å²) in [4.78, 5) is 0. The van der Waals surface area contributed by atoms with E-state index < -0.39 is 12.7 Å². The highest BCUT2D eigenvalue weighted by molar-refractivity contribution is 5.35. The second-order valence-corrected chi connectivity index (χ2v) is 2.71. The van der Waals surface area contributed by atoms with Crippen molar-refractivity contribution >= 4 is 0 Å². The molecule has 3 N–H and O–H groups in total. The summed E-state index contributed by atoms with van der Waals surface area (Å²) in [5, 5.41) is 8.78. The van der Waals surface area contributed by atoms with Gasteiger partial charge in [0.25, 0.3) is 0 Å². The van der Waals surface area contributed by atoms with E-state index in [1.807, 2.05) is 0 Å². The van der Waals surface area contributed by atoms with Crippen molar-refractivity contribution in [3.8, 4) is 5.75 Å². The molecule has 1 atom stereocenters. The van der Waals surface area contributed by atoms with E-state index in [-0.39, 0.29) is 12.4 Å². The zero-order valence-electron chi connectivity index (χ0n) is 7.36. The number of aliphatic hydroxyl groups is 1. The van der Waals surface area contributed by atoms with Gasteiger partial charge in [0.05, 0.1) is 12.6 Å². The minimum Gasteiger partial charge on any atom is -0.434 e. The van der Waals surface area contributed by atoms with Gasteiger partial charge in [-0.2, -0.15) is 8.78 Å². The van der Waals surface area contributed by atoms with Crippen molar-refractivity contribution in [2.45, 2.75) is 12.7 Å². The lowest BCUT2D eigenvalue weighted by Crippen LogP contribution is -2.16. The van der Waals surface area contributed by atoms with Crippen LogP contribution in [-0.4, -0.2) is 18.3 Å². The molecule has 0 aliphatic rings. The minimum absolute atomic E-state index is 0.00375. The predicted octanol–water partition coefficient (Wildman–Crippen LogP) is 1.28. The van der Waals surface area contributed by atoms with E-state index >= 15 is 0 Å². The molecule has 0 aromatic heterocycles. The molecule has 0 saturated carbocycles. The van der Waals surface area contributed by atoms with Crippen LogP contribution in [0.2, 0.25) is 0 Å². The summed E-state index contributed by atoms with van der Waals surface area (Å²) in [6.45, 7) is -3.20. The average molecular weight is 203 g/mol. The Labute approximate surface area is 80.1 Å². The fourth-order valence-electron chi connectivity index (χ4n) is 1.09. The van der Waals surface area contributed by atoms with E-state index in [1.54, 1.807) is 18.2 Å². The minimum atomic E-state index is -2.89. The van der Waals surface area contributed by atoms with Crippen LogP contribution >= 0.6 is 0 Å². The molecule has 5 heteroatoms. The van der Waals surface area contributed by atoms with Gasteiger partial charge < -0.3 is 15.6 Å². The molecular formula is C9H11F2NO2. The fourth-order valence-corrected chi connectivity index (χ4v) is 1.09. The van der Waals surface area contributed by atoms with E-state index in [0.29, 0.717) is 5.56 Å². The zero-order valence-corrected chi connectivity index (χ0v) is 7.36. The summed E-state index contributed by atoms with van der Waals surface area (Å²) in [5.74, 6) is 0.00375. The van der Waals surface area contributed by atoms with Crippen LogP contribution in [0, 0.1) is 0 Å². The Morgan fingerprint density at radius 1 is 1.36 bits per heavy atom. The van der Waals surface area contributed by atoms with Gasteiger partial charge in [0, 0.05) is 5.56 Å². The van der Waals surface area contributed by atoms with Crippen LogP contribution in [0.5, 0.6) is 5.75 Å². The van der Waals surface area contributed by atoms with Gasteiger partial charge in [-0.1, -0.05) is 18.2 Å². The van der Waals surface area contributed by atoms with Gasteiger partial charge in [0.2, 0.25) is 0 Å². The highest BCUT2D eigenvalue weighted by atomic mass is 19.3. The summed E-state index contributed by atoms with van der Waals surface area (Å²) >= 11 is 0. The van der Waals surface area contributed by atoms with Crippen molar-refractivity contribution in [3.05, 3.63) is 29.8 Å². The molecule has 0 fully saturated rings. The Morgan fingerprint density at radius 2 is 2.00 bits per heavy atom. The summed E-state index contributed by atoms with van der Waals surface area (Å²) in [5.41, 5.74) is 5.87. The number of hydrogen-bond acceptors (Lipinski definition) is 3. The van der Waals surface area contributed by atoms with Crippen LogP contribution in [0.3, 0.4) is 0 Å². The van der Waals surface area contributed by atoms with Crippen molar-refractivity contribution in [2.24, 2.45) is 5.73 Å². The molecule has 0 unspecified atom stereocenters. The lowest BCUT2D eigenvalue weighted by molar-refractivity contribution is -0.0507. The van der Waals surface area contributed by atoms with Crippen molar-refractivity contribution in [2.75, 3.05) is 6.61 Å². The van der Waals surface area contributed by atoms with Crippen molar-refractivity contribution < 1.29 is 18.6 Å². The number of alkyl halides is 2. The fraction of sp³-hybridized carbons (Fsp3) is 0.333. The van der Waals surface area contributed by atoms with Crippen LogP contribution in [-0.2, 0) is 0 Å². The summed E-state index contributed by atoms with van der Waals surface area (Å²) < 4.78 is 28.1. The molecule has 78 valence electrons. The molecule has 0 heterocycles. The molecule has 0 radical (unpaired) electrons. The summed E-state index contributed by atoms with van der Waals surface area (Å²) in [6.07, 6.45) is 0.